The number of nitrogens with two attached hydrogens (primary N) is 1. The summed E-state index contributed by atoms with van der Waals surface area (Å²) < 4.78 is 1.92. The van der Waals surface area contributed by atoms with Crippen molar-refractivity contribution in [3.05, 3.63) is 24.5 Å². The van der Waals surface area contributed by atoms with E-state index in [0.717, 1.165) is 11.4 Å². The molecule has 1 amide bonds. The highest BCUT2D eigenvalue weighted by molar-refractivity contribution is 5.88. The van der Waals surface area contributed by atoms with Gasteiger partial charge in [0.2, 0.25) is 11.9 Å². The van der Waals surface area contributed by atoms with E-state index in [2.05, 4.69) is 25.3 Å². The van der Waals surface area contributed by atoms with Crippen LogP contribution in [-0.2, 0) is 11.8 Å². The number of imidazole rings is 1. The highest BCUT2D eigenvalue weighted by Crippen LogP contribution is 2.29. The second-order valence-electron chi connectivity index (χ2n) is 6.41. The molecule has 0 unspecified atom stereocenters. The van der Waals surface area contributed by atoms with Crippen molar-refractivity contribution in [1.29, 1.82) is 0 Å². The Morgan fingerprint density at radius 3 is 2.44 bits per heavy atom. The van der Waals surface area contributed by atoms with Crippen LogP contribution in [0.15, 0.2) is 24.5 Å². The third kappa shape index (κ3) is 3.04. The summed E-state index contributed by atoms with van der Waals surface area (Å²) in [6, 6.07) is 3.81. The molecule has 3 aromatic heterocycles. The van der Waals surface area contributed by atoms with Crippen molar-refractivity contribution in [1.82, 2.24) is 29.4 Å². The third-order valence-electron chi connectivity index (χ3n) is 4.79. The summed E-state index contributed by atoms with van der Waals surface area (Å²) in [5, 5.41) is 0. The summed E-state index contributed by atoms with van der Waals surface area (Å²) in [5.41, 5.74) is 4.88. The molecule has 1 saturated heterocycles. The number of carbonyl (C=O) groups is 1. The third-order valence-corrected chi connectivity index (χ3v) is 4.79. The quantitative estimate of drug-likeness (QED) is 0.504. The van der Waals surface area contributed by atoms with Gasteiger partial charge in [-0.25, -0.2) is 10.8 Å². The number of hydrazine groups is 1. The number of hydrogen-bond acceptors (Lipinski definition) is 8. The van der Waals surface area contributed by atoms with Crippen molar-refractivity contribution < 1.29 is 4.79 Å². The number of nitrogens with one attached hydrogen (secondary N) is 1. The van der Waals surface area contributed by atoms with E-state index in [1.54, 1.807) is 19.3 Å². The van der Waals surface area contributed by atoms with Crippen molar-refractivity contribution in [2.24, 2.45) is 12.9 Å². The van der Waals surface area contributed by atoms with Crippen LogP contribution in [0, 0.1) is 0 Å². The second kappa shape index (κ2) is 6.80. The van der Waals surface area contributed by atoms with Gasteiger partial charge < -0.3 is 14.4 Å². The molecule has 0 bridgehead atoms. The standard InChI is InChI=1S/C17H21N9O/c1-11(27)25-7-9-26(10-8-25)16-13-15(21-17(22-16)23-18)24(2)14(20-13)12-3-5-19-6-4-12/h3-6H,7-10,18H2,1-2H3,(H,21,22,23). The Morgan fingerprint density at radius 1 is 1.11 bits per heavy atom. The van der Waals surface area contributed by atoms with Gasteiger partial charge >= 0.3 is 0 Å². The molecule has 1 aliphatic rings. The van der Waals surface area contributed by atoms with Crippen molar-refractivity contribution in [2.75, 3.05) is 36.5 Å². The fraction of sp³-hybridized carbons (Fsp3) is 0.353. The molecule has 0 aliphatic carbocycles. The molecule has 4 heterocycles. The first-order chi connectivity index (χ1) is 13.1. The Morgan fingerprint density at radius 2 is 1.81 bits per heavy atom. The van der Waals surface area contributed by atoms with Gasteiger partial charge in [-0.15, -0.1) is 0 Å². The monoisotopic (exact) mass is 367 g/mol. The Balaban J connectivity index is 1.79. The Bertz CT molecular complexity index is 977. The summed E-state index contributed by atoms with van der Waals surface area (Å²) >= 11 is 0. The Hall–Kier alpha value is -3.27. The molecule has 0 atom stereocenters. The Labute approximate surface area is 156 Å². The van der Waals surface area contributed by atoms with Gasteiger partial charge in [0.1, 0.15) is 5.82 Å². The number of aryl methyl sites for hydroxylation is 1. The Kier molecular flexibility index (Phi) is 4.32. The van der Waals surface area contributed by atoms with E-state index < -0.39 is 0 Å². The van der Waals surface area contributed by atoms with Crippen molar-refractivity contribution in [3.8, 4) is 11.4 Å². The smallest absolute Gasteiger partial charge is 0.241 e. The zero-order valence-electron chi connectivity index (χ0n) is 15.3. The number of piperazine rings is 1. The van der Waals surface area contributed by atoms with Crippen LogP contribution in [0.3, 0.4) is 0 Å². The minimum Gasteiger partial charge on any atom is -0.351 e. The van der Waals surface area contributed by atoms with Crippen LogP contribution in [0.25, 0.3) is 22.6 Å². The van der Waals surface area contributed by atoms with E-state index in [1.807, 2.05) is 28.6 Å². The lowest BCUT2D eigenvalue weighted by molar-refractivity contribution is -0.129. The van der Waals surface area contributed by atoms with Crippen molar-refractivity contribution in [3.63, 3.8) is 0 Å². The molecular formula is C17H21N9O. The van der Waals surface area contributed by atoms with Crippen LogP contribution in [0.2, 0.25) is 0 Å². The number of aromatic nitrogens is 5. The number of hydrogen-bond donors (Lipinski definition) is 2. The normalized spacial score (nSPS) is 14.6. The van der Waals surface area contributed by atoms with Crippen LogP contribution in [0.1, 0.15) is 6.92 Å². The van der Waals surface area contributed by atoms with Gasteiger partial charge in [-0.2, -0.15) is 9.97 Å². The SMILES string of the molecule is CC(=O)N1CCN(c2nc(NN)nc3c2nc(-c2ccncc2)n3C)CC1. The molecule has 1 aliphatic heterocycles. The van der Waals surface area contributed by atoms with Gasteiger partial charge in [-0.3, -0.25) is 15.2 Å². The van der Waals surface area contributed by atoms with Gasteiger partial charge in [-0.1, -0.05) is 0 Å². The molecule has 1 fully saturated rings. The lowest BCUT2D eigenvalue weighted by Gasteiger charge is -2.34. The number of rotatable bonds is 3. The second-order valence-corrected chi connectivity index (χ2v) is 6.41. The van der Waals surface area contributed by atoms with Gasteiger partial charge in [-0.05, 0) is 12.1 Å². The zero-order chi connectivity index (χ0) is 19.0. The fourth-order valence-electron chi connectivity index (χ4n) is 3.32. The molecule has 0 spiro atoms. The van der Waals surface area contributed by atoms with Gasteiger partial charge in [0.25, 0.3) is 0 Å². The number of amides is 1. The van der Waals surface area contributed by atoms with Gasteiger partial charge in [0.05, 0.1) is 0 Å². The predicted octanol–water partition coefficient (Wildman–Crippen LogP) is 0.379. The average Bonchev–Trinajstić information content (AvgIpc) is 3.04. The number of fused-ring (bicyclic) bond motifs is 1. The summed E-state index contributed by atoms with van der Waals surface area (Å²) in [6.07, 6.45) is 3.46. The van der Waals surface area contributed by atoms with Crippen LogP contribution >= 0.6 is 0 Å². The predicted molar refractivity (Wildman–Crippen MR) is 102 cm³/mol. The molecule has 10 heteroatoms. The lowest BCUT2D eigenvalue weighted by atomic mass is 10.2. The summed E-state index contributed by atoms with van der Waals surface area (Å²) in [5.74, 6) is 7.49. The average molecular weight is 367 g/mol. The summed E-state index contributed by atoms with van der Waals surface area (Å²) in [7, 11) is 1.91. The van der Waals surface area contributed by atoms with Crippen LogP contribution in [0.5, 0.6) is 0 Å². The van der Waals surface area contributed by atoms with Crippen molar-refractivity contribution in [2.45, 2.75) is 6.92 Å². The van der Waals surface area contributed by atoms with E-state index in [0.29, 0.717) is 49.1 Å². The van der Waals surface area contributed by atoms with E-state index >= 15 is 0 Å². The first-order valence-electron chi connectivity index (χ1n) is 8.70. The van der Waals surface area contributed by atoms with Gasteiger partial charge in [0.15, 0.2) is 17.0 Å². The maximum Gasteiger partial charge on any atom is 0.241 e. The minimum atomic E-state index is 0.0876. The topological polar surface area (TPSA) is 118 Å². The van der Waals surface area contributed by atoms with E-state index in [9.17, 15) is 4.79 Å². The molecule has 140 valence electrons. The van der Waals surface area contributed by atoms with E-state index in [1.165, 1.54) is 0 Å². The molecule has 3 N–H and O–H groups in total. The summed E-state index contributed by atoms with van der Waals surface area (Å²) in [4.78, 5) is 33.4. The highest BCUT2D eigenvalue weighted by Gasteiger charge is 2.25. The molecule has 0 radical (unpaired) electrons. The molecule has 3 aromatic rings. The fourth-order valence-corrected chi connectivity index (χ4v) is 3.32. The number of carbonyl (C=O) groups excluding carboxylic acids is 1. The van der Waals surface area contributed by atoms with Gasteiger partial charge in [0, 0.05) is 58.1 Å². The first-order valence-corrected chi connectivity index (χ1v) is 8.70. The van der Waals surface area contributed by atoms with E-state index in [4.69, 9.17) is 10.8 Å². The van der Waals surface area contributed by atoms with Crippen LogP contribution < -0.4 is 16.2 Å². The molecule has 10 nitrogen and oxygen atoms in total. The lowest BCUT2D eigenvalue weighted by Crippen LogP contribution is -2.48. The maximum absolute atomic E-state index is 11.6. The zero-order valence-corrected chi connectivity index (χ0v) is 15.3. The number of pyridine rings is 1. The molecular weight excluding hydrogens is 346 g/mol. The van der Waals surface area contributed by atoms with Crippen LogP contribution in [-0.4, -0.2) is 61.5 Å². The molecule has 0 saturated carbocycles. The molecule has 0 aromatic carbocycles. The number of nitrogen functional groups attached to an aromatic ring is 1. The minimum absolute atomic E-state index is 0.0876. The first kappa shape index (κ1) is 17.2. The van der Waals surface area contributed by atoms with Crippen LogP contribution in [0.4, 0.5) is 11.8 Å². The van der Waals surface area contributed by atoms with E-state index in [-0.39, 0.29) is 5.91 Å². The van der Waals surface area contributed by atoms with Crippen molar-refractivity contribution >= 4 is 28.8 Å². The number of anilines is 2. The highest BCUT2D eigenvalue weighted by atomic mass is 16.2. The maximum atomic E-state index is 11.6. The molecule has 4 rings (SSSR count). The largest absolute Gasteiger partial charge is 0.351 e. The summed E-state index contributed by atoms with van der Waals surface area (Å²) in [6.45, 7) is 4.25. The molecule has 27 heavy (non-hydrogen) atoms. The number of nitrogens with zero attached hydrogens (tertiary/aromatic N) is 7.